The fourth-order valence-electron chi connectivity index (χ4n) is 11.5. The molecule has 1 heterocycles. The Balaban J connectivity index is 1.75. The van der Waals surface area contributed by atoms with Gasteiger partial charge in [-0.1, -0.05) is 111 Å². The van der Waals surface area contributed by atoms with Crippen LogP contribution in [0, 0.1) is 29.6 Å². The summed E-state index contributed by atoms with van der Waals surface area (Å²) >= 11 is 0. The van der Waals surface area contributed by atoms with E-state index in [1.807, 2.05) is 71.7 Å². The molecule has 0 radical (unpaired) electrons. The zero-order valence-electron chi connectivity index (χ0n) is 55.5. The lowest BCUT2D eigenvalue weighted by Crippen LogP contribution is -2.60. The third-order valence-electron chi connectivity index (χ3n) is 16.6. The van der Waals surface area contributed by atoms with Crippen LogP contribution in [0.3, 0.4) is 0 Å². The number of primary amides is 1. The van der Waals surface area contributed by atoms with E-state index in [9.17, 15) is 48.3 Å². The van der Waals surface area contributed by atoms with Crippen LogP contribution in [-0.2, 0) is 60.6 Å². The number of carboxylic acid groups (broad SMARTS) is 1. The molecule has 2 aromatic rings. The zero-order chi connectivity index (χ0) is 66.3. The number of alkyl carbamates (subject to hydrolysis) is 1. The summed E-state index contributed by atoms with van der Waals surface area (Å²) in [5.41, 5.74) is 6.69. The number of carbonyl (C=O) groups is 9. The van der Waals surface area contributed by atoms with E-state index in [0.717, 1.165) is 11.1 Å². The molecule has 0 aromatic heterocycles. The number of anilines is 1. The maximum absolute atomic E-state index is 14.9. The Labute approximate surface area is 523 Å². The summed E-state index contributed by atoms with van der Waals surface area (Å²) < 4.78 is 17.4. The number of nitrogens with two attached hydrogens (primary N) is 1. The molecule has 88 heavy (non-hydrogen) atoms. The van der Waals surface area contributed by atoms with Crippen molar-refractivity contribution in [3.63, 3.8) is 0 Å². The van der Waals surface area contributed by atoms with Crippen molar-refractivity contribution in [1.82, 2.24) is 41.3 Å². The van der Waals surface area contributed by atoms with Crippen LogP contribution in [0.1, 0.15) is 139 Å². The predicted octanol–water partition coefficient (Wildman–Crippen LogP) is 5.89. The van der Waals surface area contributed by atoms with Gasteiger partial charge in [0.25, 0.3) is 0 Å². The standard InChI is InChI=1S/C65H106N10O13/c1-18-42(8)55(50(86-16)38-51(76)75-35-24-28-49(75)56(87-17)43(9)57(77)69-48(62(82)83)37-45-25-20-19-21-26-45)74(15)61(81)53(40(4)5)70-59(79)54(41(6)7)72(13)36-33-44-29-31-46(32-30-44)73(14)60(80)47(27-22-23-34-67-63(66)84)68-58(78)52(39(2)3)71-64(85)88-65(10,11)12/h19-21,25-26,29-32,39-43,47-50,52-56H,18,22-24,27-28,33-38H2,1-17H3,(H,68,78)(H,69,77)(H,70,79)(H,71,85)(H,82,83)(H3,66,67,84)/t42-,43+,47-,48-,49-,50+,52-,53-,54-,55-,56+/m0/s1. The number of hydrogen-bond acceptors (Lipinski definition) is 13. The van der Waals surface area contributed by atoms with E-state index in [-0.39, 0.29) is 67.2 Å². The van der Waals surface area contributed by atoms with Gasteiger partial charge in [0.05, 0.1) is 42.7 Å². The Hall–Kier alpha value is -6.85. The highest BCUT2D eigenvalue weighted by atomic mass is 16.6. The summed E-state index contributed by atoms with van der Waals surface area (Å²) in [6.07, 6.45) is 1.35. The van der Waals surface area contributed by atoms with Crippen molar-refractivity contribution in [2.45, 2.75) is 201 Å². The molecule has 0 aliphatic carbocycles. The molecule has 1 aliphatic rings. The van der Waals surface area contributed by atoms with Crippen molar-refractivity contribution in [3.05, 3.63) is 65.7 Å². The van der Waals surface area contributed by atoms with Gasteiger partial charge < -0.3 is 66.3 Å². The van der Waals surface area contributed by atoms with E-state index in [2.05, 4.69) is 26.6 Å². The minimum absolute atomic E-state index is 0.0810. The maximum Gasteiger partial charge on any atom is 0.408 e. The van der Waals surface area contributed by atoms with Gasteiger partial charge in [0.15, 0.2) is 0 Å². The normalized spacial score (nSPS) is 16.9. The van der Waals surface area contributed by atoms with Crippen LogP contribution in [0.5, 0.6) is 0 Å². The quantitative estimate of drug-likeness (QED) is 0.0396. The van der Waals surface area contributed by atoms with Crippen molar-refractivity contribution in [3.8, 4) is 0 Å². The number of methoxy groups -OCH3 is 2. The molecule has 8 N–H and O–H groups in total. The van der Waals surface area contributed by atoms with Crippen molar-refractivity contribution >= 4 is 59.2 Å². The van der Waals surface area contributed by atoms with Gasteiger partial charge in [-0.15, -0.1) is 0 Å². The summed E-state index contributed by atoms with van der Waals surface area (Å²) in [7, 11) is 8.17. The summed E-state index contributed by atoms with van der Waals surface area (Å²) in [5, 5.41) is 23.9. The maximum atomic E-state index is 14.9. The monoisotopic (exact) mass is 1230 g/mol. The lowest BCUT2D eigenvalue weighted by molar-refractivity contribution is -0.148. The molecule has 11 atom stereocenters. The summed E-state index contributed by atoms with van der Waals surface area (Å²) in [5.74, 6) is -5.27. The Morgan fingerprint density at radius 3 is 1.88 bits per heavy atom. The molecule has 494 valence electrons. The molecule has 1 saturated heterocycles. The minimum atomic E-state index is -1.17. The van der Waals surface area contributed by atoms with E-state index >= 15 is 0 Å². The largest absolute Gasteiger partial charge is 0.480 e. The average molecular weight is 1240 g/mol. The van der Waals surface area contributed by atoms with E-state index in [1.165, 1.54) is 19.1 Å². The van der Waals surface area contributed by atoms with Gasteiger partial charge in [-0.05, 0) is 113 Å². The lowest BCUT2D eigenvalue weighted by Gasteiger charge is -2.41. The molecule has 0 unspecified atom stereocenters. The number of likely N-dealkylation sites (tertiary alicyclic amines) is 1. The van der Waals surface area contributed by atoms with E-state index in [1.54, 1.807) is 102 Å². The average Bonchev–Trinajstić information content (AvgIpc) is 4.12. The van der Waals surface area contributed by atoms with Gasteiger partial charge in [-0.25, -0.2) is 14.4 Å². The van der Waals surface area contributed by atoms with Crippen LogP contribution < -0.4 is 37.2 Å². The SMILES string of the molecule is CC[C@H](C)[C@@H]([C@@H](CC(=O)N1CCC[C@H]1[C@H](OC)[C@@H](C)C(=O)N[C@@H](Cc1ccccc1)C(=O)O)OC)N(C)C(=O)[C@@H](NC(=O)[C@H](C(C)C)N(C)CCc1ccc(N(C)C(=O)[C@H](CCCCNC(N)=O)NC(=O)[C@@H](NC(=O)OC(C)(C)C)C(C)C)cc1)C(C)C. The number of rotatable bonds is 35. The van der Waals surface area contributed by atoms with Gasteiger partial charge in [0, 0.05) is 60.1 Å². The second kappa shape index (κ2) is 36.0. The highest BCUT2D eigenvalue weighted by molar-refractivity contribution is 6.00. The number of hydrogen-bond donors (Lipinski definition) is 7. The van der Waals surface area contributed by atoms with Crippen LogP contribution in [0.2, 0.25) is 0 Å². The number of unbranched alkanes of at least 4 members (excludes halogenated alkanes) is 1. The first-order chi connectivity index (χ1) is 41.3. The molecular formula is C65H106N10O13. The van der Waals surface area contributed by atoms with Crippen molar-refractivity contribution in [2.24, 2.45) is 35.3 Å². The van der Waals surface area contributed by atoms with Crippen molar-refractivity contribution in [1.29, 1.82) is 0 Å². The zero-order valence-corrected chi connectivity index (χ0v) is 55.5. The summed E-state index contributed by atoms with van der Waals surface area (Å²) in [4.78, 5) is 129. The molecule has 9 amide bonds. The first-order valence-electron chi connectivity index (χ1n) is 31.2. The van der Waals surface area contributed by atoms with Crippen molar-refractivity contribution < 1.29 is 62.5 Å². The van der Waals surface area contributed by atoms with Gasteiger partial charge >= 0.3 is 18.1 Å². The smallest absolute Gasteiger partial charge is 0.408 e. The van der Waals surface area contributed by atoms with Gasteiger partial charge in [0.2, 0.25) is 35.4 Å². The predicted molar refractivity (Wildman–Crippen MR) is 339 cm³/mol. The number of amides is 9. The Bertz CT molecular complexity index is 2580. The fourth-order valence-corrected chi connectivity index (χ4v) is 11.5. The second-order valence-electron chi connectivity index (χ2n) is 25.6. The highest BCUT2D eigenvalue weighted by Crippen LogP contribution is 2.30. The van der Waals surface area contributed by atoms with Crippen LogP contribution in [-0.4, -0.2) is 188 Å². The first-order valence-corrected chi connectivity index (χ1v) is 31.2. The number of benzene rings is 2. The van der Waals surface area contributed by atoms with E-state index in [0.29, 0.717) is 57.3 Å². The molecule has 3 rings (SSSR count). The summed E-state index contributed by atoms with van der Waals surface area (Å²) in [6, 6.07) is 10.0. The third-order valence-corrected chi connectivity index (χ3v) is 16.6. The molecule has 23 nitrogen and oxygen atoms in total. The first kappa shape index (κ1) is 75.4. The van der Waals surface area contributed by atoms with Gasteiger partial charge in [0.1, 0.15) is 29.8 Å². The Morgan fingerprint density at radius 1 is 0.727 bits per heavy atom. The number of aliphatic carboxylic acids is 1. The Kier molecular flexibility index (Phi) is 30.8. The number of ether oxygens (including phenoxy) is 3. The molecule has 23 heteroatoms. The topological polar surface area (TPSA) is 301 Å². The van der Waals surface area contributed by atoms with Crippen LogP contribution in [0.15, 0.2) is 54.6 Å². The van der Waals surface area contributed by atoms with E-state index in [4.69, 9.17) is 19.9 Å². The number of carbonyl (C=O) groups excluding carboxylic acids is 8. The van der Waals surface area contributed by atoms with E-state index < -0.39 is 102 Å². The number of likely N-dealkylation sites (N-methyl/N-ethyl adjacent to an activating group) is 3. The van der Waals surface area contributed by atoms with Crippen LogP contribution >= 0.6 is 0 Å². The molecule has 1 fully saturated rings. The number of carboxylic acids is 1. The fraction of sp³-hybridized carbons (Fsp3) is 0.677. The molecule has 0 saturated carbocycles. The lowest BCUT2D eigenvalue weighted by atomic mass is 9.89. The Morgan fingerprint density at radius 2 is 1.34 bits per heavy atom. The molecule has 0 spiro atoms. The van der Waals surface area contributed by atoms with Crippen LogP contribution in [0.25, 0.3) is 0 Å². The molecule has 2 aromatic carbocycles. The number of nitrogens with zero attached hydrogens (tertiary/aromatic N) is 4. The van der Waals surface area contributed by atoms with Gasteiger partial charge in [-0.2, -0.15) is 0 Å². The minimum Gasteiger partial charge on any atom is -0.480 e. The van der Waals surface area contributed by atoms with Crippen LogP contribution in [0.4, 0.5) is 15.3 Å². The molecular weight excluding hydrogens is 1130 g/mol. The summed E-state index contributed by atoms with van der Waals surface area (Å²) in [6.45, 7) is 23.2. The third kappa shape index (κ3) is 22.9. The number of nitrogens with one attached hydrogen (secondary N) is 5. The van der Waals surface area contributed by atoms with Gasteiger partial charge in [-0.3, -0.25) is 33.7 Å². The molecule has 1 aliphatic heterocycles. The number of urea groups is 1. The van der Waals surface area contributed by atoms with Crippen molar-refractivity contribution in [2.75, 3.05) is 59.9 Å². The second-order valence-corrected chi connectivity index (χ2v) is 25.6. The highest BCUT2D eigenvalue weighted by Gasteiger charge is 2.44. The molecule has 0 bridgehead atoms.